The van der Waals surface area contributed by atoms with E-state index in [0.717, 1.165) is 0 Å². The van der Waals surface area contributed by atoms with Gasteiger partial charge in [-0.2, -0.15) is 0 Å². The average molecular weight is 88.1 g/mol. The van der Waals surface area contributed by atoms with Crippen LogP contribution in [0.2, 0.25) is 0 Å². The van der Waals surface area contributed by atoms with E-state index < -0.39 is 4.92 Å². The van der Waals surface area contributed by atoms with Crippen LogP contribution in [0.4, 0.5) is 0 Å². The van der Waals surface area contributed by atoms with Gasteiger partial charge in [0.05, 0.1) is 0 Å². The lowest BCUT2D eigenvalue weighted by Gasteiger charge is -2.03. The van der Waals surface area contributed by atoms with Gasteiger partial charge in [0.15, 0.2) is 0 Å². The third-order valence-corrected chi connectivity index (χ3v) is 0.365. The van der Waals surface area contributed by atoms with Crippen LogP contribution in [0.25, 0.3) is 0 Å². The molecule has 0 amide bonds. The van der Waals surface area contributed by atoms with Crippen LogP contribution in [0.5, 0.6) is 0 Å². The molecule has 3 heteroatoms. The third-order valence-electron chi connectivity index (χ3n) is 0.365. The second-order valence-electron chi connectivity index (χ2n) is 1.20. The van der Waals surface area contributed by atoms with Crippen molar-refractivity contribution in [1.82, 2.24) is 0 Å². The molecule has 0 N–H and O–H groups in total. The molecule has 0 atom stereocenters. The summed E-state index contributed by atoms with van der Waals surface area (Å²) in [4.78, 5) is 9.05. The van der Waals surface area contributed by atoms with Crippen molar-refractivity contribution in [2.24, 2.45) is 0 Å². The van der Waals surface area contributed by atoms with Crippen molar-refractivity contribution >= 4 is 0 Å². The zero-order valence-corrected chi connectivity index (χ0v) is 3.76. The average Bonchev–Trinajstić information content (AvgIpc) is 1.36. The number of hydrogen-bond donors (Lipinski definition) is 0. The zero-order valence-electron chi connectivity index (χ0n) is 3.76. The van der Waals surface area contributed by atoms with Gasteiger partial charge in [-0.25, -0.2) is 0 Å². The summed E-state index contributed by atoms with van der Waals surface area (Å²) in [6.07, 6.45) is 0. The largest absolute Gasteiger partial charge is 0.295 e. The SMILES string of the molecule is C[C-](C)[N+](=O)[O-]. The third kappa shape index (κ3) is 1.58. The van der Waals surface area contributed by atoms with Crippen molar-refractivity contribution in [1.29, 1.82) is 0 Å². The topological polar surface area (TPSA) is 43.1 Å². The molecule has 3 nitrogen and oxygen atoms in total. The second kappa shape index (κ2) is 1.64. The highest BCUT2D eigenvalue weighted by Gasteiger charge is 1.81. The minimum Gasteiger partial charge on any atom is -0.295 e. The standard InChI is InChI=1S/C3H6NO2/c1-3(2)4(5)6/h1-2H3/q-1. The fraction of sp³-hybridized carbons (Fsp3) is 0.667. The van der Waals surface area contributed by atoms with E-state index in [1.807, 2.05) is 0 Å². The molecule has 0 aliphatic heterocycles. The number of nitrogens with zero attached hydrogens (tertiary/aromatic N) is 1. The van der Waals surface area contributed by atoms with Crippen molar-refractivity contribution in [2.45, 2.75) is 13.8 Å². The van der Waals surface area contributed by atoms with Crippen LogP contribution in [0.15, 0.2) is 0 Å². The molecular weight excluding hydrogens is 82.0 g/mol. The van der Waals surface area contributed by atoms with E-state index >= 15 is 0 Å². The minimum atomic E-state index is -0.417. The molecule has 0 heterocycles. The van der Waals surface area contributed by atoms with Crippen molar-refractivity contribution < 1.29 is 4.92 Å². The molecular formula is C3H6NO2-. The maximum absolute atomic E-state index is 9.47. The van der Waals surface area contributed by atoms with Gasteiger partial charge in [-0.3, -0.25) is 10.1 Å². The fourth-order valence-electron chi connectivity index (χ4n) is 0. The minimum absolute atomic E-state index is 0.231. The van der Waals surface area contributed by atoms with Gasteiger partial charge in [-0.1, -0.05) is 6.04 Å². The molecule has 0 aliphatic rings. The number of nitro groups is 1. The van der Waals surface area contributed by atoms with E-state index in [9.17, 15) is 10.1 Å². The zero-order chi connectivity index (χ0) is 5.15. The van der Waals surface area contributed by atoms with Crippen LogP contribution in [0.1, 0.15) is 13.8 Å². The van der Waals surface area contributed by atoms with Gasteiger partial charge >= 0.3 is 0 Å². The highest BCUT2D eigenvalue weighted by Crippen LogP contribution is 1.91. The van der Waals surface area contributed by atoms with Crippen molar-refractivity contribution in [3.8, 4) is 0 Å². The number of hydrogen-bond acceptors (Lipinski definition) is 2. The summed E-state index contributed by atoms with van der Waals surface area (Å²) in [7, 11) is 0. The van der Waals surface area contributed by atoms with E-state index in [2.05, 4.69) is 0 Å². The predicted octanol–water partition coefficient (Wildman–Crippen LogP) is 0.835. The van der Waals surface area contributed by atoms with Gasteiger partial charge in [-0.15, -0.1) is 18.8 Å². The maximum atomic E-state index is 9.47. The Morgan fingerprint density at radius 3 is 1.83 bits per heavy atom. The monoisotopic (exact) mass is 88.0 g/mol. The summed E-state index contributed by atoms with van der Waals surface area (Å²) in [5.41, 5.74) is 0. The lowest BCUT2D eigenvalue weighted by molar-refractivity contribution is -0.461. The lowest BCUT2D eigenvalue weighted by atomic mass is 10.4. The Labute approximate surface area is 36.1 Å². The molecule has 0 aromatic carbocycles. The van der Waals surface area contributed by atoms with Gasteiger partial charge in [0.25, 0.3) is 0 Å². The Balaban J connectivity index is 3.26. The molecule has 0 aromatic rings. The van der Waals surface area contributed by atoms with Crippen LogP contribution >= 0.6 is 0 Å². The van der Waals surface area contributed by atoms with Gasteiger partial charge < -0.3 is 0 Å². The Kier molecular flexibility index (Phi) is 1.44. The molecule has 0 saturated carbocycles. The Hall–Kier alpha value is -0.730. The van der Waals surface area contributed by atoms with Gasteiger partial charge in [-0.05, 0) is 0 Å². The van der Waals surface area contributed by atoms with Crippen LogP contribution in [0, 0.1) is 16.2 Å². The summed E-state index contributed by atoms with van der Waals surface area (Å²) < 4.78 is 0. The van der Waals surface area contributed by atoms with E-state index in [-0.39, 0.29) is 6.04 Å². The molecule has 0 fully saturated rings. The van der Waals surface area contributed by atoms with Crippen molar-refractivity contribution in [2.75, 3.05) is 0 Å². The van der Waals surface area contributed by atoms with Gasteiger partial charge in [0.1, 0.15) is 0 Å². The summed E-state index contributed by atoms with van der Waals surface area (Å²) in [6, 6.07) is 0.231. The summed E-state index contributed by atoms with van der Waals surface area (Å²) in [5, 5.41) is 9.47. The second-order valence-corrected chi connectivity index (χ2v) is 1.20. The van der Waals surface area contributed by atoms with Gasteiger partial charge in [0.2, 0.25) is 0 Å². The molecule has 6 heavy (non-hydrogen) atoms. The molecule has 0 spiro atoms. The summed E-state index contributed by atoms with van der Waals surface area (Å²) >= 11 is 0. The van der Waals surface area contributed by atoms with Crippen molar-refractivity contribution in [3.63, 3.8) is 0 Å². The van der Waals surface area contributed by atoms with E-state index in [1.54, 1.807) is 0 Å². The molecule has 0 rings (SSSR count). The van der Waals surface area contributed by atoms with Gasteiger partial charge in [0, 0.05) is 0 Å². The van der Waals surface area contributed by atoms with E-state index in [1.165, 1.54) is 13.8 Å². The fourth-order valence-corrected chi connectivity index (χ4v) is 0. The van der Waals surface area contributed by atoms with E-state index in [4.69, 9.17) is 0 Å². The quantitative estimate of drug-likeness (QED) is 0.271. The first-order valence-electron chi connectivity index (χ1n) is 1.59. The Morgan fingerprint density at radius 1 is 1.67 bits per heavy atom. The van der Waals surface area contributed by atoms with Crippen molar-refractivity contribution in [3.05, 3.63) is 16.2 Å². The molecule has 36 valence electrons. The Morgan fingerprint density at radius 2 is 1.83 bits per heavy atom. The molecule has 0 bridgehead atoms. The molecule has 0 aromatic heterocycles. The predicted molar refractivity (Wildman–Crippen MR) is 21.6 cm³/mol. The number of rotatable bonds is 1. The highest BCUT2D eigenvalue weighted by atomic mass is 16.6. The normalized spacial score (nSPS) is 7.67. The summed E-state index contributed by atoms with van der Waals surface area (Å²) in [5.74, 6) is 0. The lowest BCUT2D eigenvalue weighted by Crippen LogP contribution is -1.98. The first-order chi connectivity index (χ1) is 2.64. The molecule has 0 aliphatic carbocycles. The first-order valence-corrected chi connectivity index (χ1v) is 1.59. The molecule has 0 radical (unpaired) electrons. The van der Waals surface area contributed by atoms with Crippen LogP contribution in [0.3, 0.4) is 0 Å². The Bertz CT molecular complexity index is 59.8. The van der Waals surface area contributed by atoms with Crippen LogP contribution in [-0.2, 0) is 0 Å². The highest BCUT2D eigenvalue weighted by molar-refractivity contribution is 4.55. The molecule has 0 unspecified atom stereocenters. The van der Waals surface area contributed by atoms with Crippen LogP contribution < -0.4 is 0 Å². The van der Waals surface area contributed by atoms with E-state index in [0.29, 0.717) is 0 Å². The first kappa shape index (κ1) is 5.27. The maximum Gasteiger partial charge on any atom is -0.0518 e. The van der Waals surface area contributed by atoms with Crippen LogP contribution in [-0.4, -0.2) is 4.92 Å². The molecule has 0 saturated heterocycles. The smallest absolute Gasteiger partial charge is 0.0518 e. The summed E-state index contributed by atoms with van der Waals surface area (Å²) in [6.45, 7) is 2.92.